The second-order valence-electron chi connectivity index (χ2n) is 20.1. The number of thioether (sulfide) groups is 1. The number of nitrogens with one attached hydrogen (secondary N) is 1. The van der Waals surface area contributed by atoms with Gasteiger partial charge >= 0.3 is 6.09 Å². The zero-order valence-corrected chi connectivity index (χ0v) is 44.3. The number of hydrogen-bond donors (Lipinski definition) is 3. The van der Waals surface area contributed by atoms with Gasteiger partial charge in [-0.05, 0) is 86.8 Å². The molecule has 1 aromatic carbocycles. The van der Waals surface area contributed by atoms with Gasteiger partial charge in [0.05, 0.1) is 23.5 Å². The summed E-state index contributed by atoms with van der Waals surface area (Å²) >= 11 is 1.95. The van der Waals surface area contributed by atoms with E-state index in [1.807, 2.05) is 43.0 Å². The fraction of sp³-hybridized carbons (Fsp3) is 0.793. The first kappa shape index (κ1) is 58.0. The van der Waals surface area contributed by atoms with Crippen molar-refractivity contribution in [1.29, 1.82) is 0 Å². The molecule has 6 unspecified atom stereocenters. The molecule has 3 aliphatic rings. The number of carbonyl (C=O) groups is 1. The van der Waals surface area contributed by atoms with Gasteiger partial charge in [0.15, 0.2) is 0 Å². The van der Waals surface area contributed by atoms with Crippen LogP contribution in [-0.2, 0) is 9.57 Å². The molecule has 1 fully saturated rings. The zero-order valence-electron chi connectivity index (χ0n) is 43.4. The molecule has 0 spiro atoms. The predicted octanol–water partition coefficient (Wildman–Crippen LogP) is 15.6. The number of oxime groups is 1. The quantitative estimate of drug-likeness (QED) is 0.0337. The predicted molar refractivity (Wildman–Crippen MR) is 285 cm³/mol. The lowest BCUT2D eigenvalue weighted by Crippen LogP contribution is -2.64. The minimum absolute atomic E-state index is 0.0454. The van der Waals surface area contributed by atoms with Crippen molar-refractivity contribution in [2.75, 3.05) is 38.7 Å². The number of hydrogen-bond acceptors (Lipinski definition) is 9. The summed E-state index contributed by atoms with van der Waals surface area (Å²) in [6, 6.07) is 5.88. The number of aliphatic hydroxyl groups excluding tert-OH is 2. The number of fused-ring (bicyclic) bond motifs is 2. The average molecular weight is 967 g/mol. The zero-order chi connectivity index (χ0) is 48.5. The third kappa shape index (κ3) is 19.6. The smallest absolute Gasteiger partial charge is 0.412 e. The minimum atomic E-state index is -0.996. The summed E-state index contributed by atoms with van der Waals surface area (Å²) in [5.74, 6) is 1.40. The van der Waals surface area contributed by atoms with Crippen molar-refractivity contribution >= 4 is 23.6 Å². The molecule has 0 radical (unpaired) electrons. The van der Waals surface area contributed by atoms with Crippen molar-refractivity contribution in [2.24, 2.45) is 22.9 Å². The van der Waals surface area contributed by atoms with Gasteiger partial charge < -0.3 is 34.6 Å². The third-order valence-corrected chi connectivity index (χ3v) is 16.2. The van der Waals surface area contributed by atoms with Crippen LogP contribution in [0.25, 0.3) is 0 Å². The Morgan fingerprint density at radius 2 is 1.35 bits per heavy atom. The Hall–Kier alpha value is -2.53. The van der Waals surface area contributed by atoms with E-state index < -0.39 is 11.9 Å². The first-order chi connectivity index (χ1) is 33.5. The maximum Gasteiger partial charge on any atom is 0.412 e. The van der Waals surface area contributed by atoms with Gasteiger partial charge in [-0.2, -0.15) is 11.8 Å². The van der Waals surface area contributed by atoms with Crippen LogP contribution >= 0.6 is 11.8 Å². The highest BCUT2D eigenvalue weighted by Crippen LogP contribution is 2.62. The molecule has 10 heteroatoms. The Kier molecular flexibility index (Phi) is 30.3. The minimum Gasteiger partial charge on any atom is -0.460 e. The van der Waals surface area contributed by atoms with Crippen molar-refractivity contribution in [3.05, 3.63) is 48.1 Å². The van der Waals surface area contributed by atoms with Crippen LogP contribution in [0.2, 0.25) is 0 Å². The van der Waals surface area contributed by atoms with Gasteiger partial charge in [-0.1, -0.05) is 185 Å². The van der Waals surface area contributed by atoms with E-state index in [-0.39, 0.29) is 42.1 Å². The van der Waals surface area contributed by atoms with E-state index >= 15 is 0 Å². The summed E-state index contributed by atoms with van der Waals surface area (Å²) in [4.78, 5) is 19.2. The van der Waals surface area contributed by atoms with E-state index in [0.717, 1.165) is 86.1 Å². The molecule has 0 bridgehead atoms. The second-order valence-corrected chi connectivity index (χ2v) is 21.4. The van der Waals surface area contributed by atoms with Crippen LogP contribution in [-0.4, -0.2) is 71.8 Å². The Balaban J connectivity index is 1.53. The van der Waals surface area contributed by atoms with E-state index in [9.17, 15) is 15.0 Å². The van der Waals surface area contributed by atoms with Gasteiger partial charge in [0.1, 0.15) is 18.1 Å². The van der Waals surface area contributed by atoms with E-state index in [1.165, 1.54) is 135 Å². The highest BCUT2D eigenvalue weighted by molar-refractivity contribution is 8.00. The fourth-order valence-corrected chi connectivity index (χ4v) is 12.6. The first-order valence-electron chi connectivity index (χ1n) is 28.2. The number of benzene rings is 1. The summed E-state index contributed by atoms with van der Waals surface area (Å²) in [5.41, 5.74) is 3.11. The molecule has 9 nitrogen and oxygen atoms in total. The lowest BCUT2D eigenvalue weighted by molar-refractivity contribution is -0.223. The average Bonchev–Trinajstić information content (AvgIpc) is 3.34. The van der Waals surface area contributed by atoms with Crippen molar-refractivity contribution in [2.45, 2.75) is 237 Å². The Morgan fingerprint density at radius 1 is 0.779 bits per heavy atom. The van der Waals surface area contributed by atoms with Crippen LogP contribution in [0.3, 0.4) is 0 Å². The lowest BCUT2D eigenvalue weighted by atomic mass is 9.56. The molecule has 2 aliphatic carbocycles. The van der Waals surface area contributed by atoms with E-state index in [0.29, 0.717) is 31.9 Å². The standard InChI is InChI=1S/C58H98N2O7S/c1-5-9-11-13-15-17-19-20-21-22-24-26-28-34-43-68-54-46-52(60-65-8-4)50-44-47(35-29-32-40-61)49(36-30-33-41-62)55-51-45-48(37-38-53(51)67-58(54,56(50)55)64-42-7-3)66-57(63)59-39-31-27-25-23-18-16-14-12-10-6-2/h7,37-38,44-45,47,49,54-56,61-62H,3,5-6,8-36,39-43,46H2,1-2,4H3,(H,59,63). The van der Waals surface area contributed by atoms with Crippen LogP contribution in [0, 0.1) is 17.8 Å². The topological polar surface area (TPSA) is 119 Å². The monoisotopic (exact) mass is 967 g/mol. The van der Waals surface area contributed by atoms with Gasteiger partial charge in [-0.3, -0.25) is 0 Å². The number of allylic oxidation sites excluding steroid dienone is 1. The van der Waals surface area contributed by atoms with Crippen LogP contribution in [0.15, 0.2) is 47.7 Å². The largest absolute Gasteiger partial charge is 0.460 e. The molecule has 0 saturated heterocycles. The van der Waals surface area contributed by atoms with Crippen molar-refractivity contribution in [1.82, 2.24) is 5.32 Å². The first-order valence-corrected chi connectivity index (χ1v) is 29.3. The fourth-order valence-electron chi connectivity index (χ4n) is 11.2. The Morgan fingerprint density at radius 3 is 1.93 bits per heavy atom. The summed E-state index contributed by atoms with van der Waals surface area (Å²) < 4.78 is 20.5. The van der Waals surface area contributed by atoms with Crippen LogP contribution in [0.1, 0.15) is 231 Å². The van der Waals surface area contributed by atoms with Gasteiger partial charge in [0.2, 0.25) is 5.79 Å². The SMILES string of the molecule is C=CCOC12Oc3ccc(OC(=O)NCCCCCCCCCCCC)cc3C3C(CCCCO)C(CCCCO)C=C(C(=NOCC)CC1SCCCCCCCCCCCCCCCC)C32. The molecule has 388 valence electrons. The van der Waals surface area contributed by atoms with Gasteiger partial charge in [0, 0.05) is 37.7 Å². The van der Waals surface area contributed by atoms with E-state index in [4.69, 9.17) is 24.2 Å². The van der Waals surface area contributed by atoms with Gasteiger partial charge in [-0.25, -0.2) is 4.79 Å². The number of aliphatic hydroxyl groups is 2. The molecule has 1 aliphatic heterocycles. The molecule has 0 aromatic heterocycles. The van der Waals surface area contributed by atoms with Crippen LogP contribution in [0.4, 0.5) is 4.79 Å². The summed E-state index contributed by atoms with van der Waals surface area (Å²) in [6.45, 7) is 12.3. The summed E-state index contributed by atoms with van der Waals surface area (Å²) in [7, 11) is 0. The lowest BCUT2D eigenvalue weighted by Gasteiger charge is -2.58. The molecule has 4 rings (SSSR count). The molecule has 1 amide bonds. The maximum atomic E-state index is 13.3. The van der Waals surface area contributed by atoms with Crippen LogP contribution in [0.5, 0.6) is 11.5 Å². The number of rotatable bonds is 41. The maximum absolute atomic E-state index is 13.3. The number of ether oxygens (including phenoxy) is 3. The van der Waals surface area contributed by atoms with Crippen molar-refractivity contribution < 1.29 is 34.1 Å². The Labute approximate surface area is 419 Å². The second kappa shape index (κ2) is 35.6. The van der Waals surface area contributed by atoms with Gasteiger partial charge in [-0.15, -0.1) is 6.58 Å². The Bertz CT molecular complexity index is 1570. The third-order valence-electron chi connectivity index (χ3n) is 14.8. The highest BCUT2D eigenvalue weighted by Gasteiger charge is 2.64. The molecule has 1 saturated carbocycles. The molecule has 3 N–H and O–H groups in total. The molecule has 6 atom stereocenters. The number of carbonyl (C=O) groups excluding carboxylic acids is 1. The van der Waals surface area contributed by atoms with Crippen molar-refractivity contribution in [3.63, 3.8) is 0 Å². The molecular formula is C58H98N2O7S. The molecule has 1 heterocycles. The number of unbranched alkanes of at least 4 members (excludes halogenated alkanes) is 24. The summed E-state index contributed by atoms with van der Waals surface area (Å²) in [5, 5.41) is 27.7. The normalized spacial score (nSPS) is 22.3. The van der Waals surface area contributed by atoms with Crippen LogP contribution < -0.4 is 14.8 Å². The highest BCUT2D eigenvalue weighted by atomic mass is 32.2. The number of amides is 1. The van der Waals surface area contributed by atoms with Crippen molar-refractivity contribution in [3.8, 4) is 11.5 Å². The van der Waals surface area contributed by atoms with Gasteiger partial charge in [0.25, 0.3) is 0 Å². The van der Waals surface area contributed by atoms with E-state index in [1.54, 1.807) is 0 Å². The summed E-state index contributed by atoms with van der Waals surface area (Å²) in [6.07, 6.45) is 40.7. The van der Waals surface area contributed by atoms with E-state index in [2.05, 4.69) is 31.8 Å². The molecular weight excluding hydrogens is 869 g/mol. The molecule has 1 aromatic rings. The molecule has 68 heavy (non-hydrogen) atoms. The number of nitrogens with zero attached hydrogens (tertiary/aromatic N) is 1.